The van der Waals surface area contributed by atoms with Crippen LogP contribution in [-0.4, -0.2) is 42.0 Å². The number of rotatable bonds is 2. The van der Waals surface area contributed by atoms with Crippen molar-refractivity contribution in [2.24, 2.45) is 0 Å². The summed E-state index contributed by atoms with van der Waals surface area (Å²) in [4.78, 5) is 21.4. The number of para-hydroxylation sites is 1. The average Bonchev–Trinajstić information content (AvgIpc) is 2.73. The third-order valence-corrected chi connectivity index (χ3v) is 5.58. The summed E-state index contributed by atoms with van der Waals surface area (Å²) in [5.41, 5.74) is 2.77. The average molecular weight is 413 g/mol. The number of aromatic nitrogens is 1. The molecule has 7 heteroatoms. The second-order valence-electron chi connectivity index (χ2n) is 7.62. The molecular formula is C23H22F3N3O. The fourth-order valence-corrected chi connectivity index (χ4v) is 3.83. The molecule has 1 aliphatic rings. The quantitative estimate of drug-likeness (QED) is 0.604. The van der Waals surface area contributed by atoms with E-state index in [0.29, 0.717) is 26.2 Å². The normalized spacial score (nSPS) is 15.0. The molecule has 3 aromatic rings. The Labute approximate surface area is 172 Å². The van der Waals surface area contributed by atoms with E-state index in [2.05, 4.69) is 24.0 Å². The molecule has 0 unspecified atom stereocenters. The van der Waals surface area contributed by atoms with Crippen LogP contribution < -0.4 is 4.90 Å². The largest absolute Gasteiger partial charge is 0.416 e. The van der Waals surface area contributed by atoms with Gasteiger partial charge < -0.3 is 9.80 Å². The second kappa shape index (κ2) is 7.63. The van der Waals surface area contributed by atoms with E-state index in [-0.39, 0.29) is 11.5 Å². The highest BCUT2D eigenvalue weighted by molar-refractivity contribution is 5.94. The molecule has 0 bridgehead atoms. The molecule has 1 aromatic heterocycles. The first-order valence-electron chi connectivity index (χ1n) is 9.82. The molecule has 4 rings (SSSR count). The van der Waals surface area contributed by atoms with E-state index in [1.54, 1.807) is 4.90 Å². The highest BCUT2D eigenvalue weighted by Crippen LogP contribution is 2.29. The van der Waals surface area contributed by atoms with Gasteiger partial charge in [-0.05, 0) is 55.3 Å². The number of amides is 1. The van der Waals surface area contributed by atoms with Crippen LogP contribution in [0.15, 0.2) is 48.5 Å². The Kier molecular flexibility index (Phi) is 5.13. The summed E-state index contributed by atoms with van der Waals surface area (Å²) in [6.07, 6.45) is -4.41. The van der Waals surface area contributed by atoms with Gasteiger partial charge in [0, 0.05) is 37.1 Å². The molecule has 1 saturated heterocycles. The lowest BCUT2D eigenvalue weighted by atomic mass is 10.1. The minimum absolute atomic E-state index is 0.248. The van der Waals surface area contributed by atoms with E-state index in [4.69, 9.17) is 4.98 Å². The Balaban J connectivity index is 1.47. The van der Waals surface area contributed by atoms with E-state index in [0.717, 1.165) is 40.0 Å². The Morgan fingerprint density at radius 2 is 1.60 bits per heavy atom. The van der Waals surface area contributed by atoms with Gasteiger partial charge in [0.2, 0.25) is 0 Å². The van der Waals surface area contributed by atoms with E-state index in [9.17, 15) is 18.0 Å². The zero-order valence-corrected chi connectivity index (χ0v) is 16.8. The maximum atomic E-state index is 12.7. The first-order chi connectivity index (χ1) is 14.2. The predicted octanol–water partition coefficient (Wildman–Crippen LogP) is 4.83. The maximum absolute atomic E-state index is 12.7. The lowest BCUT2D eigenvalue weighted by Crippen LogP contribution is -2.49. The molecule has 1 aliphatic heterocycles. The van der Waals surface area contributed by atoms with Crippen LogP contribution in [0.2, 0.25) is 0 Å². The van der Waals surface area contributed by atoms with Crippen molar-refractivity contribution in [1.29, 1.82) is 0 Å². The first-order valence-corrected chi connectivity index (χ1v) is 9.82. The van der Waals surface area contributed by atoms with Gasteiger partial charge >= 0.3 is 6.18 Å². The number of benzene rings is 2. The number of carbonyl (C=O) groups excluding carboxylic acids is 1. The maximum Gasteiger partial charge on any atom is 0.416 e. The van der Waals surface area contributed by atoms with E-state index in [1.165, 1.54) is 12.1 Å². The van der Waals surface area contributed by atoms with Crippen molar-refractivity contribution in [2.45, 2.75) is 20.0 Å². The van der Waals surface area contributed by atoms with Crippen molar-refractivity contribution in [3.8, 4) is 0 Å². The molecule has 2 aromatic carbocycles. The molecule has 0 saturated carbocycles. The molecular weight excluding hydrogens is 391 g/mol. The topological polar surface area (TPSA) is 36.4 Å². The fraction of sp³-hybridized carbons (Fsp3) is 0.304. The molecule has 2 heterocycles. The van der Waals surface area contributed by atoms with Crippen LogP contribution in [0, 0.1) is 13.8 Å². The Morgan fingerprint density at radius 1 is 0.933 bits per heavy atom. The van der Waals surface area contributed by atoms with E-state index in [1.807, 2.05) is 19.1 Å². The van der Waals surface area contributed by atoms with Crippen molar-refractivity contribution in [2.75, 3.05) is 31.1 Å². The second-order valence-corrected chi connectivity index (χ2v) is 7.62. The zero-order chi connectivity index (χ0) is 21.5. The summed E-state index contributed by atoms with van der Waals surface area (Å²) in [5, 5.41) is 1.13. The van der Waals surface area contributed by atoms with Crippen molar-refractivity contribution in [3.63, 3.8) is 0 Å². The van der Waals surface area contributed by atoms with Crippen molar-refractivity contribution in [3.05, 3.63) is 70.8 Å². The highest BCUT2D eigenvalue weighted by Gasteiger charge is 2.31. The molecule has 1 fully saturated rings. The monoisotopic (exact) mass is 413 g/mol. The van der Waals surface area contributed by atoms with Gasteiger partial charge in [0.1, 0.15) is 5.82 Å². The highest BCUT2D eigenvalue weighted by atomic mass is 19.4. The number of anilines is 1. The van der Waals surface area contributed by atoms with Gasteiger partial charge in [-0.1, -0.05) is 18.2 Å². The summed E-state index contributed by atoms with van der Waals surface area (Å²) in [7, 11) is 0. The number of fused-ring (bicyclic) bond motifs is 1. The van der Waals surface area contributed by atoms with Crippen molar-refractivity contribution < 1.29 is 18.0 Å². The molecule has 1 amide bonds. The number of piperazine rings is 1. The number of nitrogens with zero attached hydrogens (tertiary/aromatic N) is 3. The molecule has 30 heavy (non-hydrogen) atoms. The lowest BCUT2D eigenvalue weighted by molar-refractivity contribution is -0.137. The molecule has 0 atom stereocenters. The molecule has 4 nitrogen and oxygen atoms in total. The van der Waals surface area contributed by atoms with Crippen molar-refractivity contribution >= 4 is 22.6 Å². The number of hydrogen-bond acceptors (Lipinski definition) is 3. The first kappa shape index (κ1) is 20.2. The molecule has 0 N–H and O–H groups in total. The zero-order valence-electron chi connectivity index (χ0n) is 16.8. The van der Waals surface area contributed by atoms with E-state index >= 15 is 0 Å². The Hall–Kier alpha value is -3.09. The molecule has 0 radical (unpaired) electrons. The Morgan fingerprint density at radius 3 is 2.23 bits per heavy atom. The summed E-state index contributed by atoms with van der Waals surface area (Å²) < 4.78 is 38.2. The van der Waals surface area contributed by atoms with Gasteiger partial charge in [-0.25, -0.2) is 4.98 Å². The molecule has 156 valence electrons. The predicted molar refractivity (Wildman–Crippen MR) is 111 cm³/mol. The fourth-order valence-electron chi connectivity index (χ4n) is 3.83. The molecule has 0 spiro atoms. The summed E-state index contributed by atoms with van der Waals surface area (Å²) >= 11 is 0. The van der Waals surface area contributed by atoms with Crippen molar-refractivity contribution in [1.82, 2.24) is 9.88 Å². The number of hydrogen-bond donors (Lipinski definition) is 0. The summed E-state index contributed by atoms with van der Waals surface area (Å²) in [5.74, 6) is 0.637. The number of carbonyl (C=O) groups is 1. The van der Waals surface area contributed by atoms with Crippen LogP contribution in [-0.2, 0) is 6.18 Å². The van der Waals surface area contributed by atoms with Crippen LogP contribution in [0.25, 0.3) is 10.9 Å². The number of alkyl halides is 3. The smallest absolute Gasteiger partial charge is 0.353 e. The Bertz CT molecular complexity index is 1090. The van der Waals surface area contributed by atoms with Crippen LogP contribution >= 0.6 is 0 Å². The third-order valence-electron chi connectivity index (χ3n) is 5.58. The standard InChI is InChI=1S/C23H22F3N3O/c1-15-4-3-5-19-16(2)14-20(27-21(15)19)28-10-12-29(13-11-28)22(30)17-6-8-18(9-7-17)23(24,25)26/h3-9,14H,10-13H2,1-2H3. The number of pyridine rings is 1. The van der Waals surface area contributed by atoms with Gasteiger partial charge in [0.15, 0.2) is 0 Å². The van der Waals surface area contributed by atoms with Gasteiger partial charge in [-0.3, -0.25) is 4.79 Å². The van der Waals surface area contributed by atoms with Gasteiger partial charge in [-0.2, -0.15) is 13.2 Å². The van der Waals surface area contributed by atoms with Gasteiger partial charge in [0.05, 0.1) is 11.1 Å². The van der Waals surface area contributed by atoms with Crippen LogP contribution in [0.4, 0.5) is 19.0 Å². The van der Waals surface area contributed by atoms with E-state index < -0.39 is 11.7 Å². The minimum Gasteiger partial charge on any atom is -0.353 e. The minimum atomic E-state index is -4.41. The lowest BCUT2D eigenvalue weighted by Gasteiger charge is -2.35. The summed E-state index contributed by atoms with van der Waals surface area (Å²) in [6, 6.07) is 12.6. The van der Waals surface area contributed by atoms with Gasteiger partial charge in [0.25, 0.3) is 5.91 Å². The third kappa shape index (κ3) is 3.84. The van der Waals surface area contributed by atoms with Crippen LogP contribution in [0.3, 0.4) is 0 Å². The number of aryl methyl sites for hydroxylation is 2. The number of halogens is 3. The van der Waals surface area contributed by atoms with Crippen LogP contribution in [0.1, 0.15) is 27.0 Å². The van der Waals surface area contributed by atoms with Crippen LogP contribution in [0.5, 0.6) is 0 Å². The SMILES string of the molecule is Cc1cc(N2CCN(C(=O)c3ccc(C(F)(F)F)cc3)CC2)nc2c(C)cccc12. The summed E-state index contributed by atoms with van der Waals surface area (Å²) in [6.45, 7) is 6.34. The molecule has 0 aliphatic carbocycles. The van der Waals surface area contributed by atoms with Gasteiger partial charge in [-0.15, -0.1) is 0 Å².